The topological polar surface area (TPSA) is 28.2 Å². The van der Waals surface area contributed by atoms with Gasteiger partial charge in [-0.15, -0.1) is 0 Å². The summed E-state index contributed by atoms with van der Waals surface area (Å²) in [5.41, 5.74) is 1.19. The average molecular weight is 273 g/mol. The lowest BCUT2D eigenvalue weighted by Gasteiger charge is -2.29. The van der Waals surface area contributed by atoms with Crippen LogP contribution in [0.1, 0.15) is 51.9 Å². The van der Waals surface area contributed by atoms with Crippen molar-refractivity contribution in [3.05, 3.63) is 18.3 Å². The van der Waals surface area contributed by atoms with Gasteiger partial charge in [-0.3, -0.25) is 0 Å². The molecule has 1 aromatic rings. The van der Waals surface area contributed by atoms with E-state index < -0.39 is 0 Å². The number of piperidine rings is 1. The van der Waals surface area contributed by atoms with E-state index in [-0.39, 0.29) is 0 Å². The fraction of sp³-hybridized carbons (Fsp3) is 0.706. The maximum absolute atomic E-state index is 4.65. The highest BCUT2D eigenvalue weighted by molar-refractivity contribution is 5.49. The van der Waals surface area contributed by atoms with Crippen molar-refractivity contribution in [1.82, 2.24) is 4.98 Å². The van der Waals surface area contributed by atoms with Crippen molar-refractivity contribution in [2.24, 2.45) is 5.92 Å². The number of hydrogen-bond acceptors (Lipinski definition) is 3. The summed E-state index contributed by atoms with van der Waals surface area (Å²) in [5, 5.41) is 3.66. The van der Waals surface area contributed by atoms with Gasteiger partial charge in [-0.1, -0.05) is 19.8 Å². The Morgan fingerprint density at radius 3 is 2.65 bits per heavy atom. The zero-order valence-corrected chi connectivity index (χ0v) is 12.6. The summed E-state index contributed by atoms with van der Waals surface area (Å²) < 4.78 is 0. The van der Waals surface area contributed by atoms with Gasteiger partial charge in [0.1, 0.15) is 5.82 Å². The van der Waals surface area contributed by atoms with Crippen LogP contribution in [0, 0.1) is 5.92 Å². The van der Waals surface area contributed by atoms with Crippen molar-refractivity contribution in [2.45, 2.75) is 57.9 Å². The van der Waals surface area contributed by atoms with Crippen LogP contribution < -0.4 is 10.2 Å². The lowest BCUT2D eigenvalue weighted by Crippen LogP contribution is -2.30. The maximum atomic E-state index is 4.65. The molecule has 1 saturated carbocycles. The molecule has 0 aromatic carbocycles. The molecule has 1 saturated heterocycles. The predicted molar refractivity (Wildman–Crippen MR) is 85.3 cm³/mol. The van der Waals surface area contributed by atoms with Crippen molar-refractivity contribution >= 4 is 11.5 Å². The summed E-state index contributed by atoms with van der Waals surface area (Å²) in [6, 6.07) is 5.03. The van der Waals surface area contributed by atoms with Crippen LogP contribution >= 0.6 is 0 Å². The monoisotopic (exact) mass is 273 g/mol. The fourth-order valence-corrected chi connectivity index (χ4v) is 3.58. The summed E-state index contributed by atoms with van der Waals surface area (Å²) in [4.78, 5) is 7.06. The number of rotatable bonds is 3. The van der Waals surface area contributed by atoms with Gasteiger partial charge in [0.2, 0.25) is 0 Å². The number of nitrogens with zero attached hydrogens (tertiary/aromatic N) is 2. The van der Waals surface area contributed by atoms with Gasteiger partial charge >= 0.3 is 0 Å². The summed E-state index contributed by atoms with van der Waals surface area (Å²) >= 11 is 0. The highest BCUT2D eigenvalue weighted by Gasteiger charge is 2.18. The van der Waals surface area contributed by atoms with E-state index in [0.717, 1.165) is 11.7 Å². The van der Waals surface area contributed by atoms with Crippen molar-refractivity contribution in [1.29, 1.82) is 0 Å². The number of hydrogen-bond donors (Lipinski definition) is 1. The molecule has 2 unspecified atom stereocenters. The molecule has 110 valence electrons. The minimum atomic E-state index is 0.640. The molecule has 20 heavy (non-hydrogen) atoms. The van der Waals surface area contributed by atoms with Crippen LogP contribution in [0.5, 0.6) is 0 Å². The zero-order valence-electron chi connectivity index (χ0n) is 12.6. The summed E-state index contributed by atoms with van der Waals surface area (Å²) in [7, 11) is 0. The van der Waals surface area contributed by atoms with Crippen molar-refractivity contribution < 1.29 is 0 Å². The van der Waals surface area contributed by atoms with Gasteiger partial charge < -0.3 is 10.2 Å². The van der Waals surface area contributed by atoms with Crippen molar-refractivity contribution in [2.75, 3.05) is 23.3 Å². The first kappa shape index (κ1) is 13.7. The molecule has 3 heteroatoms. The third-order valence-electron chi connectivity index (χ3n) is 4.74. The van der Waals surface area contributed by atoms with E-state index in [4.69, 9.17) is 0 Å². The second kappa shape index (κ2) is 6.47. The van der Waals surface area contributed by atoms with E-state index >= 15 is 0 Å². The smallest absolute Gasteiger partial charge is 0.128 e. The van der Waals surface area contributed by atoms with Gasteiger partial charge in [-0.2, -0.15) is 0 Å². The first-order valence-corrected chi connectivity index (χ1v) is 8.29. The Labute approximate surface area is 122 Å². The molecule has 2 atom stereocenters. The maximum Gasteiger partial charge on any atom is 0.128 e. The average Bonchev–Trinajstić information content (AvgIpc) is 2.49. The van der Waals surface area contributed by atoms with Gasteiger partial charge in [0.15, 0.2) is 0 Å². The molecule has 0 bridgehead atoms. The van der Waals surface area contributed by atoms with E-state index in [9.17, 15) is 0 Å². The molecule has 0 radical (unpaired) electrons. The van der Waals surface area contributed by atoms with Crippen LogP contribution in [0.15, 0.2) is 18.3 Å². The first-order chi connectivity index (χ1) is 9.81. The van der Waals surface area contributed by atoms with E-state index in [1.165, 1.54) is 63.7 Å². The number of nitrogens with one attached hydrogen (secondary N) is 1. The van der Waals surface area contributed by atoms with Crippen molar-refractivity contribution in [3.8, 4) is 0 Å². The molecule has 1 aliphatic carbocycles. The van der Waals surface area contributed by atoms with Crippen LogP contribution in [0.3, 0.4) is 0 Å². The summed E-state index contributed by atoms with van der Waals surface area (Å²) in [6.45, 7) is 4.70. The second-order valence-corrected chi connectivity index (χ2v) is 6.57. The number of aromatic nitrogens is 1. The Morgan fingerprint density at radius 2 is 1.95 bits per heavy atom. The predicted octanol–water partition coefficient (Wildman–Crippen LogP) is 4.06. The highest BCUT2D eigenvalue weighted by Crippen LogP contribution is 2.26. The lowest BCUT2D eigenvalue weighted by molar-refractivity contribution is 0.358. The third-order valence-corrected chi connectivity index (χ3v) is 4.74. The van der Waals surface area contributed by atoms with E-state index in [1.807, 2.05) is 6.20 Å². The number of anilines is 2. The van der Waals surface area contributed by atoms with Crippen LogP contribution in [-0.4, -0.2) is 24.1 Å². The van der Waals surface area contributed by atoms with Crippen LogP contribution in [-0.2, 0) is 0 Å². The molecule has 1 N–H and O–H groups in total. The Morgan fingerprint density at radius 1 is 1.10 bits per heavy atom. The molecule has 0 spiro atoms. The van der Waals surface area contributed by atoms with Gasteiger partial charge in [-0.25, -0.2) is 4.98 Å². The molecule has 1 aliphatic heterocycles. The van der Waals surface area contributed by atoms with Gasteiger partial charge in [0.05, 0.1) is 11.9 Å². The largest absolute Gasteiger partial charge is 0.381 e. The Balaban J connectivity index is 1.58. The SMILES string of the molecule is CC1CCCC(Nc2ccc(N3CCCCC3)nc2)C1. The second-order valence-electron chi connectivity index (χ2n) is 6.57. The van der Waals surface area contributed by atoms with Crippen LogP contribution in [0.25, 0.3) is 0 Å². The van der Waals surface area contributed by atoms with E-state index in [0.29, 0.717) is 6.04 Å². The molecule has 0 amide bonds. The quantitative estimate of drug-likeness (QED) is 0.900. The summed E-state index contributed by atoms with van der Waals surface area (Å²) in [6.07, 6.45) is 11.4. The zero-order chi connectivity index (χ0) is 13.8. The normalized spacial score (nSPS) is 27.4. The van der Waals surface area contributed by atoms with Gasteiger partial charge in [0, 0.05) is 19.1 Å². The Kier molecular flexibility index (Phi) is 4.44. The van der Waals surface area contributed by atoms with E-state index in [1.54, 1.807) is 0 Å². The summed E-state index contributed by atoms with van der Waals surface area (Å²) in [5.74, 6) is 2.01. The third kappa shape index (κ3) is 3.44. The first-order valence-electron chi connectivity index (χ1n) is 8.29. The van der Waals surface area contributed by atoms with Gasteiger partial charge in [0.25, 0.3) is 0 Å². The standard InChI is InChI=1S/C17H27N3/c1-14-6-5-7-15(12-14)19-16-8-9-17(18-13-16)20-10-3-2-4-11-20/h8-9,13-15,19H,2-7,10-12H2,1H3. The minimum Gasteiger partial charge on any atom is -0.381 e. The number of pyridine rings is 1. The molecule has 2 aliphatic rings. The van der Waals surface area contributed by atoms with Crippen LogP contribution in [0.4, 0.5) is 11.5 Å². The molecule has 2 heterocycles. The molecular weight excluding hydrogens is 246 g/mol. The minimum absolute atomic E-state index is 0.640. The Bertz CT molecular complexity index is 409. The molecule has 2 fully saturated rings. The van der Waals surface area contributed by atoms with Crippen molar-refractivity contribution in [3.63, 3.8) is 0 Å². The molecule has 1 aromatic heterocycles. The van der Waals surface area contributed by atoms with E-state index in [2.05, 4.69) is 34.3 Å². The Hall–Kier alpha value is -1.25. The molecular formula is C17H27N3. The lowest BCUT2D eigenvalue weighted by atomic mass is 9.87. The van der Waals surface area contributed by atoms with Crippen LogP contribution in [0.2, 0.25) is 0 Å². The molecule has 3 nitrogen and oxygen atoms in total. The van der Waals surface area contributed by atoms with Gasteiger partial charge in [-0.05, 0) is 50.2 Å². The fourth-order valence-electron chi connectivity index (χ4n) is 3.58. The molecule has 3 rings (SSSR count). The highest BCUT2D eigenvalue weighted by atomic mass is 15.2.